The summed E-state index contributed by atoms with van der Waals surface area (Å²) in [5.41, 5.74) is 3.09. The molecule has 1 amide bonds. The molecule has 0 aliphatic rings. The summed E-state index contributed by atoms with van der Waals surface area (Å²) in [6, 6.07) is 25.5. The number of furan rings is 1. The number of aryl methyl sites for hydroxylation is 1. The molecule has 2 aromatic heterocycles. The van der Waals surface area contributed by atoms with Crippen LogP contribution in [0.5, 0.6) is 11.5 Å². The smallest absolute Gasteiger partial charge is 0.282 e. The van der Waals surface area contributed by atoms with Crippen LogP contribution in [-0.2, 0) is 4.79 Å². The summed E-state index contributed by atoms with van der Waals surface area (Å²) in [5, 5.41) is 8.64. The average Bonchev–Trinajstić information content (AvgIpc) is 3.44. The summed E-state index contributed by atoms with van der Waals surface area (Å²) in [6.07, 6.45) is 1.52. The maximum atomic E-state index is 13.6. The van der Waals surface area contributed by atoms with Crippen molar-refractivity contribution in [3.8, 4) is 23.1 Å². The van der Waals surface area contributed by atoms with Gasteiger partial charge in [0.2, 0.25) is 5.82 Å². The number of para-hydroxylation sites is 2. The number of methoxy groups -OCH3 is 1. The Morgan fingerprint density at radius 3 is 2.66 bits per heavy atom. The number of halogens is 2. The molecule has 0 saturated heterocycles. The highest BCUT2D eigenvalue weighted by atomic mass is 79.9. The van der Waals surface area contributed by atoms with E-state index >= 15 is 0 Å². The van der Waals surface area contributed by atoms with Crippen LogP contribution in [0.1, 0.15) is 11.1 Å². The first-order valence-corrected chi connectivity index (χ1v) is 15.0. The van der Waals surface area contributed by atoms with Crippen molar-refractivity contribution in [2.75, 3.05) is 19.0 Å². The average molecular weight is 716 g/mol. The second kappa shape index (κ2) is 12.5. The number of amides is 1. The SMILES string of the molecule is COc1cc(C=Nn2c(-c3cc4cc(Br)ccc4o3)nc3ccccc3c2=O)cc(Br)c1OCC(=O)Nc1ccccc1C. The molecule has 11 heteroatoms. The van der Waals surface area contributed by atoms with Gasteiger partial charge in [0.25, 0.3) is 11.5 Å². The van der Waals surface area contributed by atoms with Crippen LogP contribution in [0.15, 0.2) is 108 Å². The highest BCUT2D eigenvalue weighted by molar-refractivity contribution is 9.10. The van der Waals surface area contributed by atoms with Crippen molar-refractivity contribution in [2.24, 2.45) is 5.10 Å². The predicted octanol–water partition coefficient (Wildman–Crippen LogP) is 7.55. The summed E-state index contributed by atoms with van der Waals surface area (Å²) < 4.78 is 20.1. The Labute approximate surface area is 268 Å². The third-order valence-corrected chi connectivity index (χ3v) is 7.88. The van der Waals surface area contributed by atoms with E-state index in [-0.39, 0.29) is 23.9 Å². The molecule has 6 rings (SSSR count). The van der Waals surface area contributed by atoms with Gasteiger partial charge in [-0.15, -0.1) is 0 Å². The second-order valence-corrected chi connectivity index (χ2v) is 11.6. The Morgan fingerprint density at radius 2 is 1.84 bits per heavy atom. The fourth-order valence-electron chi connectivity index (χ4n) is 4.63. The van der Waals surface area contributed by atoms with Gasteiger partial charge < -0.3 is 19.2 Å². The quantitative estimate of drug-likeness (QED) is 0.163. The molecular formula is C33H24Br2N4O5. The summed E-state index contributed by atoms with van der Waals surface area (Å²) in [7, 11) is 1.50. The maximum Gasteiger partial charge on any atom is 0.282 e. The molecule has 0 bridgehead atoms. The van der Waals surface area contributed by atoms with Crippen molar-refractivity contribution in [3.63, 3.8) is 0 Å². The zero-order valence-electron chi connectivity index (χ0n) is 23.5. The molecule has 44 heavy (non-hydrogen) atoms. The maximum absolute atomic E-state index is 13.6. The van der Waals surface area contributed by atoms with Gasteiger partial charge in [-0.05, 0) is 88.6 Å². The van der Waals surface area contributed by atoms with Crippen LogP contribution in [0.2, 0.25) is 0 Å². The number of carbonyl (C=O) groups is 1. The Balaban J connectivity index is 1.32. The normalized spacial score (nSPS) is 11.4. The molecule has 0 unspecified atom stereocenters. The lowest BCUT2D eigenvalue weighted by atomic mass is 10.2. The molecule has 0 aliphatic heterocycles. The van der Waals surface area contributed by atoms with Gasteiger partial charge in [0, 0.05) is 15.5 Å². The topological polar surface area (TPSA) is 108 Å². The number of benzene rings is 4. The van der Waals surface area contributed by atoms with Crippen molar-refractivity contribution in [1.29, 1.82) is 0 Å². The third-order valence-electron chi connectivity index (χ3n) is 6.79. The van der Waals surface area contributed by atoms with Crippen LogP contribution in [0.3, 0.4) is 0 Å². The number of carbonyl (C=O) groups excluding carboxylic acids is 1. The molecule has 2 heterocycles. The van der Waals surface area contributed by atoms with Gasteiger partial charge in [-0.25, -0.2) is 4.98 Å². The van der Waals surface area contributed by atoms with E-state index in [2.05, 4.69) is 42.3 Å². The number of hydrogen-bond donors (Lipinski definition) is 1. The largest absolute Gasteiger partial charge is 0.493 e. The van der Waals surface area contributed by atoms with Gasteiger partial charge in [-0.1, -0.05) is 46.3 Å². The highest BCUT2D eigenvalue weighted by Crippen LogP contribution is 2.36. The Bertz CT molecular complexity index is 2140. The van der Waals surface area contributed by atoms with Gasteiger partial charge in [0.15, 0.2) is 23.9 Å². The van der Waals surface area contributed by atoms with Crippen molar-refractivity contribution in [2.45, 2.75) is 6.92 Å². The minimum absolute atomic E-state index is 0.230. The van der Waals surface area contributed by atoms with Crippen molar-refractivity contribution in [3.05, 3.63) is 115 Å². The number of fused-ring (bicyclic) bond motifs is 2. The molecular weight excluding hydrogens is 692 g/mol. The number of anilines is 1. The molecule has 4 aromatic carbocycles. The van der Waals surface area contributed by atoms with Gasteiger partial charge in [-0.2, -0.15) is 9.78 Å². The van der Waals surface area contributed by atoms with Crippen molar-refractivity contribution >= 4 is 71.5 Å². The zero-order chi connectivity index (χ0) is 30.8. The number of ether oxygens (including phenoxy) is 2. The lowest BCUT2D eigenvalue weighted by molar-refractivity contribution is -0.118. The molecule has 1 N–H and O–H groups in total. The summed E-state index contributed by atoms with van der Waals surface area (Å²) in [6.45, 7) is 1.68. The first kappa shape index (κ1) is 29.3. The molecule has 0 radical (unpaired) electrons. The molecule has 0 fully saturated rings. The van der Waals surface area contributed by atoms with Crippen LogP contribution in [-0.4, -0.2) is 35.5 Å². The molecule has 220 valence electrons. The summed E-state index contributed by atoms with van der Waals surface area (Å²) in [4.78, 5) is 30.9. The van der Waals surface area contributed by atoms with E-state index in [0.717, 1.165) is 15.4 Å². The Kier molecular flexibility index (Phi) is 8.32. The number of aromatic nitrogens is 2. The van der Waals surface area contributed by atoms with Gasteiger partial charge in [0.1, 0.15) is 5.58 Å². The minimum atomic E-state index is -0.353. The van der Waals surface area contributed by atoms with Crippen LogP contribution in [0.4, 0.5) is 5.69 Å². The number of hydrogen-bond acceptors (Lipinski definition) is 7. The van der Waals surface area contributed by atoms with Gasteiger partial charge in [-0.3, -0.25) is 9.59 Å². The Morgan fingerprint density at radius 1 is 1.05 bits per heavy atom. The monoisotopic (exact) mass is 714 g/mol. The van der Waals surface area contributed by atoms with Gasteiger partial charge >= 0.3 is 0 Å². The van der Waals surface area contributed by atoms with Crippen molar-refractivity contribution < 1.29 is 18.7 Å². The van der Waals surface area contributed by atoms with E-state index in [1.807, 2.05) is 61.5 Å². The molecule has 0 aliphatic carbocycles. The van der Waals surface area contributed by atoms with Crippen molar-refractivity contribution in [1.82, 2.24) is 9.66 Å². The molecule has 9 nitrogen and oxygen atoms in total. The number of nitrogens with one attached hydrogen (secondary N) is 1. The van der Waals surface area contributed by atoms with Crippen LogP contribution in [0.25, 0.3) is 33.5 Å². The second-order valence-electron chi connectivity index (χ2n) is 9.79. The minimum Gasteiger partial charge on any atom is -0.493 e. The molecule has 0 spiro atoms. The molecule has 0 atom stereocenters. The van der Waals surface area contributed by atoms with E-state index < -0.39 is 0 Å². The predicted molar refractivity (Wildman–Crippen MR) is 178 cm³/mol. The number of nitrogens with zero attached hydrogens (tertiary/aromatic N) is 3. The van der Waals surface area contributed by atoms with E-state index in [4.69, 9.17) is 18.9 Å². The third kappa shape index (κ3) is 6.01. The lowest BCUT2D eigenvalue weighted by Crippen LogP contribution is -2.21. The van der Waals surface area contributed by atoms with E-state index in [0.29, 0.717) is 49.5 Å². The standard InChI is InChI=1S/C33H24Br2N4O5/c1-19-7-3-5-9-25(19)37-30(40)18-43-31-24(35)13-20(14-28(31)42-2)17-36-39-32(38-26-10-6-4-8-23(26)33(39)41)29-16-21-15-22(34)11-12-27(21)44-29/h3-17H,18H2,1-2H3,(H,37,40). The zero-order valence-corrected chi connectivity index (χ0v) is 26.7. The highest BCUT2D eigenvalue weighted by Gasteiger charge is 2.18. The van der Waals surface area contributed by atoms with E-state index in [1.54, 1.807) is 30.3 Å². The molecule has 0 saturated carbocycles. The summed E-state index contributed by atoms with van der Waals surface area (Å²) >= 11 is 7.00. The fourth-order valence-corrected chi connectivity index (χ4v) is 5.58. The molecule has 6 aromatic rings. The lowest BCUT2D eigenvalue weighted by Gasteiger charge is -2.14. The first-order valence-electron chi connectivity index (χ1n) is 13.4. The van der Waals surface area contributed by atoms with Gasteiger partial charge in [0.05, 0.1) is 28.7 Å². The summed E-state index contributed by atoms with van der Waals surface area (Å²) in [5.74, 6) is 1.06. The Hall–Kier alpha value is -4.74. The first-order chi connectivity index (χ1) is 21.3. The fraction of sp³-hybridized carbons (Fsp3) is 0.0909. The van der Waals surface area contributed by atoms with Crippen LogP contribution in [0, 0.1) is 6.92 Å². The van der Waals surface area contributed by atoms with E-state index in [1.165, 1.54) is 18.0 Å². The van der Waals surface area contributed by atoms with Crippen LogP contribution < -0.4 is 20.3 Å². The van der Waals surface area contributed by atoms with E-state index in [9.17, 15) is 9.59 Å². The van der Waals surface area contributed by atoms with Crippen LogP contribution >= 0.6 is 31.9 Å². The number of rotatable bonds is 8.